The van der Waals surface area contributed by atoms with Crippen LogP contribution in [0.5, 0.6) is 0 Å². The molecule has 0 bridgehead atoms. The summed E-state index contributed by atoms with van der Waals surface area (Å²) in [6, 6.07) is 7.19. The Morgan fingerprint density at radius 3 is 3.00 bits per heavy atom. The van der Waals surface area contributed by atoms with E-state index in [4.69, 9.17) is 0 Å². The number of hydrogen-bond donors (Lipinski definition) is 1. The second kappa shape index (κ2) is 5.21. The summed E-state index contributed by atoms with van der Waals surface area (Å²) < 4.78 is 2.05. The molecule has 1 aromatic carbocycles. The first kappa shape index (κ1) is 12.9. The molecule has 1 unspecified atom stereocenters. The fourth-order valence-electron chi connectivity index (χ4n) is 3.96. The highest BCUT2D eigenvalue weighted by Gasteiger charge is 2.24. The van der Waals surface area contributed by atoms with Gasteiger partial charge < -0.3 is 5.32 Å². The maximum absolute atomic E-state index is 4.45. The standard InChI is InChI=1S/C18H23N3/c1-21-18-11-5-10-17(15(18)12-19-21)20-16-9-4-7-13-6-2-3-8-14(13)16/h4,7,9,12,17,20H,2-3,5-6,8,10-11H2,1H3. The number of aromatic nitrogens is 2. The topological polar surface area (TPSA) is 29.9 Å². The minimum Gasteiger partial charge on any atom is -0.378 e. The number of hydrogen-bond acceptors (Lipinski definition) is 2. The van der Waals surface area contributed by atoms with E-state index in [0.717, 1.165) is 6.42 Å². The number of fused-ring (bicyclic) bond motifs is 2. The van der Waals surface area contributed by atoms with Crippen LogP contribution >= 0.6 is 0 Å². The highest BCUT2D eigenvalue weighted by Crippen LogP contribution is 2.35. The van der Waals surface area contributed by atoms with E-state index < -0.39 is 0 Å². The van der Waals surface area contributed by atoms with E-state index in [9.17, 15) is 0 Å². The SMILES string of the molecule is Cn1ncc2c1CCCC2Nc1cccc2c1CCCC2. The first-order valence-corrected chi connectivity index (χ1v) is 8.21. The third-order valence-corrected chi connectivity index (χ3v) is 5.10. The third-order valence-electron chi connectivity index (χ3n) is 5.10. The molecule has 3 nitrogen and oxygen atoms in total. The summed E-state index contributed by atoms with van der Waals surface area (Å²) in [5.41, 5.74) is 7.27. The second-order valence-corrected chi connectivity index (χ2v) is 6.41. The van der Waals surface area contributed by atoms with Crippen LogP contribution in [-0.4, -0.2) is 9.78 Å². The lowest BCUT2D eigenvalue weighted by Gasteiger charge is -2.27. The average molecular weight is 281 g/mol. The molecular formula is C18H23N3. The summed E-state index contributed by atoms with van der Waals surface area (Å²) in [6.45, 7) is 0. The van der Waals surface area contributed by atoms with Gasteiger partial charge in [-0.15, -0.1) is 0 Å². The van der Waals surface area contributed by atoms with Crippen LogP contribution in [-0.2, 0) is 26.3 Å². The number of nitrogens with one attached hydrogen (secondary N) is 1. The van der Waals surface area contributed by atoms with Gasteiger partial charge >= 0.3 is 0 Å². The highest BCUT2D eigenvalue weighted by molar-refractivity contribution is 5.57. The number of nitrogens with zero attached hydrogens (tertiary/aromatic N) is 2. The lowest BCUT2D eigenvalue weighted by molar-refractivity contribution is 0.570. The predicted octanol–water partition coefficient (Wildman–Crippen LogP) is 3.79. The first-order chi connectivity index (χ1) is 10.3. The molecule has 0 aliphatic heterocycles. The monoisotopic (exact) mass is 281 g/mol. The van der Waals surface area contributed by atoms with Crippen LogP contribution in [0.2, 0.25) is 0 Å². The fourth-order valence-corrected chi connectivity index (χ4v) is 3.96. The van der Waals surface area contributed by atoms with Gasteiger partial charge in [0.25, 0.3) is 0 Å². The molecule has 2 aromatic rings. The number of benzene rings is 1. The number of anilines is 1. The minimum atomic E-state index is 0.427. The summed E-state index contributed by atoms with van der Waals surface area (Å²) in [6.07, 6.45) is 10.8. The van der Waals surface area contributed by atoms with Crippen LogP contribution in [0, 0.1) is 0 Å². The van der Waals surface area contributed by atoms with Crippen LogP contribution < -0.4 is 5.32 Å². The molecule has 2 aliphatic rings. The van der Waals surface area contributed by atoms with Crippen molar-refractivity contribution in [1.29, 1.82) is 0 Å². The molecular weight excluding hydrogens is 258 g/mol. The Morgan fingerprint density at radius 2 is 2.05 bits per heavy atom. The van der Waals surface area contributed by atoms with Gasteiger partial charge in [0.05, 0.1) is 12.2 Å². The van der Waals surface area contributed by atoms with Crippen molar-refractivity contribution in [3.8, 4) is 0 Å². The molecule has 3 heteroatoms. The van der Waals surface area contributed by atoms with Crippen LogP contribution in [0.4, 0.5) is 5.69 Å². The second-order valence-electron chi connectivity index (χ2n) is 6.41. The maximum Gasteiger partial charge on any atom is 0.0547 e. The van der Waals surface area contributed by atoms with Gasteiger partial charge in [0.15, 0.2) is 0 Å². The van der Waals surface area contributed by atoms with E-state index in [1.165, 1.54) is 55.5 Å². The third kappa shape index (κ3) is 2.25. The van der Waals surface area contributed by atoms with Gasteiger partial charge in [0, 0.05) is 24.0 Å². The van der Waals surface area contributed by atoms with E-state index >= 15 is 0 Å². The molecule has 2 aliphatic carbocycles. The van der Waals surface area contributed by atoms with Crippen molar-refractivity contribution in [2.45, 2.75) is 51.0 Å². The number of rotatable bonds is 2. The molecule has 0 saturated carbocycles. The van der Waals surface area contributed by atoms with Gasteiger partial charge in [-0.25, -0.2) is 0 Å². The largest absolute Gasteiger partial charge is 0.378 e. The van der Waals surface area contributed by atoms with E-state index in [-0.39, 0.29) is 0 Å². The molecule has 21 heavy (non-hydrogen) atoms. The van der Waals surface area contributed by atoms with Crippen molar-refractivity contribution in [1.82, 2.24) is 9.78 Å². The molecule has 0 saturated heterocycles. The summed E-state index contributed by atoms with van der Waals surface area (Å²) in [4.78, 5) is 0. The van der Waals surface area contributed by atoms with Crippen molar-refractivity contribution in [3.05, 3.63) is 46.8 Å². The lowest BCUT2D eigenvalue weighted by atomic mass is 9.89. The summed E-state index contributed by atoms with van der Waals surface area (Å²) in [5.74, 6) is 0. The fraction of sp³-hybridized carbons (Fsp3) is 0.500. The first-order valence-electron chi connectivity index (χ1n) is 8.21. The molecule has 0 fully saturated rings. The Balaban J connectivity index is 1.65. The van der Waals surface area contributed by atoms with Crippen molar-refractivity contribution in [2.24, 2.45) is 7.05 Å². The smallest absolute Gasteiger partial charge is 0.0547 e. The Hall–Kier alpha value is -1.77. The molecule has 110 valence electrons. The van der Waals surface area contributed by atoms with Crippen LogP contribution in [0.15, 0.2) is 24.4 Å². The van der Waals surface area contributed by atoms with E-state index in [0.29, 0.717) is 6.04 Å². The Kier molecular flexibility index (Phi) is 3.21. The zero-order chi connectivity index (χ0) is 14.2. The summed E-state index contributed by atoms with van der Waals surface area (Å²) >= 11 is 0. The highest BCUT2D eigenvalue weighted by atomic mass is 15.3. The normalized spacial score (nSPS) is 20.7. The van der Waals surface area contributed by atoms with Crippen molar-refractivity contribution in [3.63, 3.8) is 0 Å². The predicted molar refractivity (Wildman–Crippen MR) is 85.6 cm³/mol. The maximum atomic E-state index is 4.45. The zero-order valence-electron chi connectivity index (χ0n) is 12.7. The molecule has 0 spiro atoms. The van der Waals surface area contributed by atoms with E-state index in [2.05, 4.69) is 41.9 Å². The minimum absolute atomic E-state index is 0.427. The Labute approximate surface area is 126 Å². The lowest BCUT2D eigenvalue weighted by Crippen LogP contribution is -2.19. The number of aryl methyl sites for hydroxylation is 2. The summed E-state index contributed by atoms with van der Waals surface area (Å²) in [5, 5.41) is 8.28. The molecule has 0 amide bonds. The molecule has 0 radical (unpaired) electrons. The van der Waals surface area contributed by atoms with Crippen LogP contribution in [0.3, 0.4) is 0 Å². The van der Waals surface area contributed by atoms with Gasteiger partial charge in [0.1, 0.15) is 0 Å². The molecule has 1 aromatic heterocycles. The van der Waals surface area contributed by atoms with Gasteiger partial charge in [-0.3, -0.25) is 4.68 Å². The van der Waals surface area contributed by atoms with Gasteiger partial charge in [-0.2, -0.15) is 5.10 Å². The van der Waals surface area contributed by atoms with Crippen LogP contribution in [0.25, 0.3) is 0 Å². The van der Waals surface area contributed by atoms with Crippen LogP contribution in [0.1, 0.15) is 54.1 Å². The van der Waals surface area contributed by atoms with Gasteiger partial charge in [-0.05, 0) is 62.1 Å². The quantitative estimate of drug-likeness (QED) is 0.907. The molecule has 4 rings (SSSR count). The Morgan fingerprint density at radius 1 is 1.14 bits per heavy atom. The average Bonchev–Trinajstić information content (AvgIpc) is 2.90. The summed E-state index contributed by atoms with van der Waals surface area (Å²) in [7, 11) is 2.06. The Bertz CT molecular complexity index is 656. The molecule has 1 heterocycles. The van der Waals surface area contributed by atoms with Crippen molar-refractivity contribution < 1.29 is 0 Å². The zero-order valence-corrected chi connectivity index (χ0v) is 12.7. The van der Waals surface area contributed by atoms with E-state index in [1.807, 2.05) is 4.68 Å². The van der Waals surface area contributed by atoms with Crippen molar-refractivity contribution >= 4 is 5.69 Å². The van der Waals surface area contributed by atoms with Gasteiger partial charge in [0.2, 0.25) is 0 Å². The van der Waals surface area contributed by atoms with Gasteiger partial charge in [-0.1, -0.05) is 12.1 Å². The van der Waals surface area contributed by atoms with E-state index in [1.54, 1.807) is 11.1 Å². The molecule has 1 atom stereocenters. The van der Waals surface area contributed by atoms with Crippen molar-refractivity contribution in [2.75, 3.05) is 5.32 Å². The molecule has 1 N–H and O–H groups in total.